The van der Waals surface area contributed by atoms with Gasteiger partial charge in [0.1, 0.15) is 12.5 Å². The summed E-state index contributed by atoms with van der Waals surface area (Å²) in [4.78, 5) is 28.0. The van der Waals surface area contributed by atoms with Gasteiger partial charge in [-0.2, -0.15) is 0 Å². The van der Waals surface area contributed by atoms with Gasteiger partial charge in [0.2, 0.25) is 5.91 Å². The third kappa shape index (κ3) is 3.64. The SMILES string of the molecule is O=C1CCCN1CN(C(=O)c1cccc(Br)c1)c1ccc(F)cc1. The topological polar surface area (TPSA) is 40.6 Å². The largest absolute Gasteiger partial charge is 0.324 e. The van der Waals surface area contributed by atoms with E-state index < -0.39 is 0 Å². The van der Waals surface area contributed by atoms with E-state index in [4.69, 9.17) is 0 Å². The van der Waals surface area contributed by atoms with Crippen LogP contribution in [0.2, 0.25) is 0 Å². The molecule has 3 rings (SSSR count). The number of carbonyl (C=O) groups is 2. The Balaban J connectivity index is 1.92. The lowest BCUT2D eigenvalue weighted by molar-refractivity contribution is -0.127. The summed E-state index contributed by atoms with van der Waals surface area (Å²) in [5.41, 5.74) is 1.06. The fraction of sp³-hybridized carbons (Fsp3) is 0.222. The van der Waals surface area contributed by atoms with Crippen LogP contribution in [0.15, 0.2) is 53.0 Å². The Labute approximate surface area is 148 Å². The quantitative estimate of drug-likeness (QED) is 0.795. The van der Waals surface area contributed by atoms with Gasteiger partial charge in [0.05, 0.1) is 0 Å². The van der Waals surface area contributed by atoms with E-state index in [1.54, 1.807) is 35.2 Å². The van der Waals surface area contributed by atoms with E-state index in [-0.39, 0.29) is 24.3 Å². The zero-order chi connectivity index (χ0) is 17.1. The van der Waals surface area contributed by atoms with E-state index >= 15 is 0 Å². The number of hydrogen-bond donors (Lipinski definition) is 0. The highest BCUT2D eigenvalue weighted by Crippen LogP contribution is 2.22. The Hall–Kier alpha value is -2.21. The van der Waals surface area contributed by atoms with Gasteiger partial charge < -0.3 is 4.90 Å². The van der Waals surface area contributed by atoms with Crippen LogP contribution in [0, 0.1) is 5.82 Å². The first-order valence-electron chi connectivity index (χ1n) is 7.65. The second-order valence-corrected chi connectivity index (χ2v) is 6.54. The van der Waals surface area contributed by atoms with Crippen LogP contribution in [0.25, 0.3) is 0 Å². The van der Waals surface area contributed by atoms with Crippen molar-refractivity contribution in [3.05, 3.63) is 64.4 Å². The summed E-state index contributed by atoms with van der Waals surface area (Å²) in [7, 11) is 0. The summed E-state index contributed by atoms with van der Waals surface area (Å²) in [6.45, 7) is 0.790. The van der Waals surface area contributed by atoms with Gasteiger partial charge in [-0.05, 0) is 48.9 Å². The molecule has 0 saturated carbocycles. The molecule has 0 N–H and O–H groups in total. The molecule has 6 heteroatoms. The first-order chi connectivity index (χ1) is 11.5. The van der Waals surface area contributed by atoms with Gasteiger partial charge in [-0.25, -0.2) is 4.39 Å². The van der Waals surface area contributed by atoms with Crippen LogP contribution in [0.1, 0.15) is 23.2 Å². The first-order valence-corrected chi connectivity index (χ1v) is 8.45. The predicted octanol–water partition coefficient (Wildman–Crippen LogP) is 3.81. The van der Waals surface area contributed by atoms with Crippen molar-refractivity contribution in [3.8, 4) is 0 Å². The van der Waals surface area contributed by atoms with Crippen molar-refractivity contribution in [2.45, 2.75) is 12.8 Å². The number of likely N-dealkylation sites (tertiary alicyclic amines) is 1. The van der Waals surface area contributed by atoms with Gasteiger partial charge in [0.15, 0.2) is 0 Å². The van der Waals surface area contributed by atoms with Crippen molar-refractivity contribution in [1.82, 2.24) is 4.90 Å². The molecular formula is C18H16BrFN2O2. The van der Waals surface area contributed by atoms with Crippen LogP contribution in [-0.4, -0.2) is 29.9 Å². The van der Waals surface area contributed by atoms with Crippen molar-refractivity contribution in [2.24, 2.45) is 0 Å². The molecule has 0 bridgehead atoms. The van der Waals surface area contributed by atoms with Crippen LogP contribution in [0.4, 0.5) is 10.1 Å². The molecular weight excluding hydrogens is 375 g/mol. The lowest BCUT2D eigenvalue weighted by Crippen LogP contribution is -2.42. The maximum atomic E-state index is 13.2. The number of nitrogens with zero attached hydrogens (tertiary/aromatic N) is 2. The van der Waals surface area contributed by atoms with Gasteiger partial charge in [0.25, 0.3) is 5.91 Å². The van der Waals surface area contributed by atoms with E-state index in [2.05, 4.69) is 15.9 Å². The highest BCUT2D eigenvalue weighted by molar-refractivity contribution is 9.10. The molecule has 1 aliphatic heterocycles. The molecule has 24 heavy (non-hydrogen) atoms. The third-order valence-corrected chi connectivity index (χ3v) is 4.43. The number of halogens is 2. The summed E-state index contributed by atoms with van der Waals surface area (Å²) >= 11 is 3.36. The zero-order valence-corrected chi connectivity index (χ0v) is 14.5. The molecule has 1 saturated heterocycles. The molecule has 4 nitrogen and oxygen atoms in total. The Kier molecular flexibility index (Phi) is 4.94. The molecule has 0 aromatic heterocycles. The van der Waals surface area contributed by atoms with Gasteiger partial charge in [-0.3, -0.25) is 14.5 Å². The summed E-state index contributed by atoms with van der Waals surface area (Å²) in [6.07, 6.45) is 1.30. The lowest BCUT2D eigenvalue weighted by Gasteiger charge is -2.28. The van der Waals surface area contributed by atoms with E-state index in [1.165, 1.54) is 17.0 Å². The fourth-order valence-corrected chi connectivity index (χ4v) is 3.08. The standard InChI is InChI=1S/C18H16BrFN2O2/c19-14-4-1-3-13(11-14)18(24)22(12-21-10-2-5-17(21)23)16-8-6-15(20)7-9-16/h1,3-4,6-9,11H,2,5,10,12H2. The van der Waals surface area contributed by atoms with E-state index in [1.807, 2.05) is 6.07 Å². The number of carbonyl (C=O) groups excluding carboxylic acids is 2. The molecule has 0 spiro atoms. The number of rotatable bonds is 4. The number of amides is 2. The molecule has 0 unspecified atom stereocenters. The number of anilines is 1. The number of benzene rings is 2. The molecule has 2 amide bonds. The van der Waals surface area contributed by atoms with E-state index in [0.29, 0.717) is 24.2 Å². The molecule has 2 aromatic rings. The van der Waals surface area contributed by atoms with Gasteiger partial charge in [0, 0.05) is 28.7 Å². The fourth-order valence-electron chi connectivity index (χ4n) is 2.69. The minimum atomic E-state index is -0.370. The Bertz CT molecular complexity index is 764. The summed E-state index contributed by atoms with van der Waals surface area (Å²) in [5, 5.41) is 0. The average molecular weight is 391 g/mol. The first kappa shape index (κ1) is 16.6. The van der Waals surface area contributed by atoms with Gasteiger partial charge in [-0.15, -0.1) is 0 Å². The Morgan fingerprint density at radius 3 is 2.58 bits per heavy atom. The minimum absolute atomic E-state index is 0.0316. The van der Waals surface area contributed by atoms with Crippen LogP contribution in [-0.2, 0) is 4.79 Å². The second kappa shape index (κ2) is 7.13. The van der Waals surface area contributed by atoms with Crippen molar-refractivity contribution in [2.75, 3.05) is 18.1 Å². The molecule has 0 atom stereocenters. The van der Waals surface area contributed by atoms with Crippen molar-refractivity contribution in [1.29, 1.82) is 0 Å². The lowest BCUT2D eigenvalue weighted by atomic mass is 10.2. The molecule has 1 heterocycles. The molecule has 0 radical (unpaired) electrons. The molecule has 2 aromatic carbocycles. The van der Waals surface area contributed by atoms with Crippen LogP contribution < -0.4 is 4.90 Å². The average Bonchev–Trinajstić information content (AvgIpc) is 2.98. The summed E-state index contributed by atoms with van der Waals surface area (Å²) < 4.78 is 14.0. The van der Waals surface area contributed by atoms with Gasteiger partial charge in [-0.1, -0.05) is 22.0 Å². The third-order valence-electron chi connectivity index (χ3n) is 3.94. The van der Waals surface area contributed by atoms with Crippen LogP contribution >= 0.6 is 15.9 Å². The van der Waals surface area contributed by atoms with E-state index in [9.17, 15) is 14.0 Å². The number of hydrogen-bond acceptors (Lipinski definition) is 2. The van der Waals surface area contributed by atoms with Gasteiger partial charge >= 0.3 is 0 Å². The van der Waals surface area contributed by atoms with Crippen molar-refractivity contribution < 1.29 is 14.0 Å². The Morgan fingerprint density at radius 2 is 1.96 bits per heavy atom. The maximum absolute atomic E-state index is 13.2. The summed E-state index contributed by atoms with van der Waals surface area (Å²) in [5.74, 6) is -0.572. The minimum Gasteiger partial charge on any atom is -0.324 e. The normalized spacial score (nSPS) is 14.1. The molecule has 0 aliphatic carbocycles. The molecule has 1 fully saturated rings. The molecule has 1 aliphatic rings. The monoisotopic (exact) mass is 390 g/mol. The highest BCUT2D eigenvalue weighted by Gasteiger charge is 2.26. The Morgan fingerprint density at radius 1 is 1.21 bits per heavy atom. The summed E-state index contributed by atoms with van der Waals surface area (Å²) in [6, 6.07) is 12.8. The smallest absolute Gasteiger partial charge is 0.259 e. The van der Waals surface area contributed by atoms with Crippen LogP contribution in [0.5, 0.6) is 0 Å². The van der Waals surface area contributed by atoms with Crippen molar-refractivity contribution in [3.63, 3.8) is 0 Å². The van der Waals surface area contributed by atoms with E-state index in [0.717, 1.165) is 10.9 Å². The second-order valence-electron chi connectivity index (χ2n) is 5.62. The zero-order valence-electron chi connectivity index (χ0n) is 12.9. The predicted molar refractivity (Wildman–Crippen MR) is 93.2 cm³/mol. The molecule has 124 valence electrons. The van der Waals surface area contributed by atoms with Crippen molar-refractivity contribution >= 4 is 33.4 Å². The maximum Gasteiger partial charge on any atom is 0.259 e. The highest BCUT2D eigenvalue weighted by atomic mass is 79.9. The van der Waals surface area contributed by atoms with Crippen LogP contribution in [0.3, 0.4) is 0 Å².